The maximum atomic E-state index is 11.3. The second-order valence-corrected chi connectivity index (χ2v) is 3.33. The predicted molar refractivity (Wildman–Crippen MR) is 59.6 cm³/mol. The highest BCUT2D eigenvalue weighted by molar-refractivity contribution is 5.92. The Morgan fingerprint density at radius 1 is 1.41 bits per heavy atom. The van der Waals surface area contributed by atoms with Crippen molar-refractivity contribution in [2.75, 3.05) is 12.8 Å². The summed E-state index contributed by atoms with van der Waals surface area (Å²) in [6, 6.07) is 0. The fourth-order valence-corrected chi connectivity index (χ4v) is 1.38. The first kappa shape index (κ1) is 11.1. The molecule has 88 valence electrons. The van der Waals surface area contributed by atoms with Crippen LogP contribution in [0.1, 0.15) is 16.2 Å². The summed E-state index contributed by atoms with van der Waals surface area (Å²) in [5.74, 6) is -0.0582. The summed E-state index contributed by atoms with van der Waals surface area (Å²) in [4.78, 5) is 19.5. The lowest BCUT2D eigenvalue weighted by Crippen LogP contribution is -2.07. The number of hydrogen-bond acceptors (Lipinski definition) is 6. The summed E-state index contributed by atoms with van der Waals surface area (Å²) in [6.07, 6.45) is 4.62. The Morgan fingerprint density at radius 3 is 2.76 bits per heavy atom. The smallest absolute Gasteiger partial charge is 0.360 e. The maximum Gasteiger partial charge on any atom is 0.360 e. The zero-order valence-corrected chi connectivity index (χ0v) is 9.41. The Kier molecular flexibility index (Phi) is 2.73. The minimum atomic E-state index is -0.581. The van der Waals surface area contributed by atoms with Gasteiger partial charge in [0.15, 0.2) is 11.5 Å². The van der Waals surface area contributed by atoms with Crippen molar-refractivity contribution in [3.8, 4) is 5.82 Å². The highest BCUT2D eigenvalue weighted by Gasteiger charge is 2.17. The zero-order chi connectivity index (χ0) is 12.4. The molecule has 0 amide bonds. The first-order valence-electron chi connectivity index (χ1n) is 4.85. The molecule has 0 aliphatic carbocycles. The molecule has 0 radical (unpaired) electrons. The van der Waals surface area contributed by atoms with Crippen molar-refractivity contribution in [1.82, 2.24) is 19.7 Å². The molecule has 2 aromatic rings. The van der Waals surface area contributed by atoms with Crippen LogP contribution in [0.15, 0.2) is 18.6 Å². The van der Waals surface area contributed by atoms with Crippen LogP contribution < -0.4 is 5.73 Å². The second-order valence-electron chi connectivity index (χ2n) is 3.33. The van der Waals surface area contributed by atoms with Gasteiger partial charge < -0.3 is 10.5 Å². The van der Waals surface area contributed by atoms with Crippen LogP contribution in [0.4, 0.5) is 5.69 Å². The van der Waals surface area contributed by atoms with Crippen LogP contribution in [-0.2, 0) is 4.74 Å². The molecule has 0 unspecified atom stereocenters. The van der Waals surface area contributed by atoms with Gasteiger partial charge in [-0.1, -0.05) is 0 Å². The van der Waals surface area contributed by atoms with Crippen molar-refractivity contribution in [3.63, 3.8) is 0 Å². The molecule has 2 heterocycles. The molecule has 0 aliphatic rings. The SMILES string of the molecule is COC(=O)c1nn(-c2nccnc2C)cc1N. The van der Waals surface area contributed by atoms with Gasteiger partial charge in [-0.3, -0.25) is 4.98 Å². The molecule has 0 fully saturated rings. The molecule has 7 heteroatoms. The van der Waals surface area contributed by atoms with E-state index in [2.05, 4.69) is 19.8 Å². The van der Waals surface area contributed by atoms with Gasteiger partial charge in [0.25, 0.3) is 0 Å². The van der Waals surface area contributed by atoms with Gasteiger partial charge in [0.2, 0.25) is 0 Å². The first-order chi connectivity index (χ1) is 8.13. The Bertz CT molecular complexity index is 564. The van der Waals surface area contributed by atoms with Gasteiger partial charge in [-0.2, -0.15) is 5.10 Å². The normalized spacial score (nSPS) is 10.2. The third kappa shape index (κ3) is 1.94. The Labute approximate surface area is 97.2 Å². The Morgan fingerprint density at radius 2 is 2.12 bits per heavy atom. The van der Waals surface area contributed by atoms with E-state index < -0.39 is 5.97 Å². The van der Waals surface area contributed by atoms with Crippen molar-refractivity contribution in [2.45, 2.75) is 6.92 Å². The Balaban J connectivity index is 2.49. The summed E-state index contributed by atoms with van der Waals surface area (Å²) in [5, 5.41) is 4.03. The number of nitrogens with two attached hydrogens (primary N) is 1. The number of hydrogen-bond donors (Lipinski definition) is 1. The van der Waals surface area contributed by atoms with E-state index in [1.165, 1.54) is 24.2 Å². The fourth-order valence-electron chi connectivity index (χ4n) is 1.38. The van der Waals surface area contributed by atoms with E-state index in [1.54, 1.807) is 13.1 Å². The molecule has 2 aromatic heterocycles. The summed E-state index contributed by atoms with van der Waals surface area (Å²) >= 11 is 0. The molecule has 0 aliphatic heterocycles. The number of anilines is 1. The number of nitrogen functional groups attached to an aromatic ring is 1. The minimum Gasteiger partial charge on any atom is -0.464 e. The van der Waals surface area contributed by atoms with Gasteiger partial charge in [0.1, 0.15) is 0 Å². The van der Waals surface area contributed by atoms with Gasteiger partial charge in [0, 0.05) is 12.4 Å². The van der Waals surface area contributed by atoms with Gasteiger partial charge in [0.05, 0.1) is 24.7 Å². The molecular weight excluding hydrogens is 222 g/mol. The van der Waals surface area contributed by atoms with Crippen molar-refractivity contribution < 1.29 is 9.53 Å². The standard InChI is InChI=1S/C10H11N5O2/c1-6-9(13-4-3-12-6)15-5-7(11)8(14-15)10(16)17-2/h3-5H,11H2,1-2H3. The number of esters is 1. The molecule has 0 bridgehead atoms. The van der Waals surface area contributed by atoms with Crippen LogP contribution in [0.5, 0.6) is 0 Å². The zero-order valence-electron chi connectivity index (χ0n) is 9.41. The summed E-state index contributed by atoms with van der Waals surface area (Å²) in [7, 11) is 1.27. The van der Waals surface area contributed by atoms with Gasteiger partial charge >= 0.3 is 5.97 Å². The monoisotopic (exact) mass is 233 g/mol. The number of nitrogens with zero attached hydrogens (tertiary/aromatic N) is 4. The predicted octanol–water partition coefficient (Wildman–Crippen LogP) is 0.340. The number of carbonyl (C=O) groups excluding carboxylic acids is 1. The largest absolute Gasteiger partial charge is 0.464 e. The van der Waals surface area contributed by atoms with Crippen LogP contribution in [0.25, 0.3) is 5.82 Å². The van der Waals surface area contributed by atoms with Gasteiger partial charge in [-0.15, -0.1) is 0 Å². The average Bonchev–Trinajstić information content (AvgIpc) is 2.71. The third-order valence-corrected chi connectivity index (χ3v) is 2.19. The van der Waals surface area contributed by atoms with Crippen LogP contribution >= 0.6 is 0 Å². The number of carbonyl (C=O) groups is 1. The molecule has 0 atom stereocenters. The molecule has 2 rings (SSSR count). The van der Waals surface area contributed by atoms with Crippen molar-refractivity contribution in [2.24, 2.45) is 0 Å². The summed E-state index contributed by atoms with van der Waals surface area (Å²) in [5.41, 5.74) is 6.66. The highest BCUT2D eigenvalue weighted by atomic mass is 16.5. The van der Waals surface area contributed by atoms with E-state index in [1.807, 2.05) is 0 Å². The molecule has 7 nitrogen and oxygen atoms in total. The molecule has 2 N–H and O–H groups in total. The van der Waals surface area contributed by atoms with Gasteiger partial charge in [-0.25, -0.2) is 14.5 Å². The number of methoxy groups -OCH3 is 1. The quantitative estimate of drug-likeness (QED) is 0.751. The van der Waals surface area contributed by atoms with Crippen LogP contribution in [0.2, 0.25) is 0 Å². The lowest BCUT2D eigenvalue weighted by Gasteiger charge is -2.01. The number of ether oxygens (including phenoxy) is 1. The van der Waals surface area contributed by atoms with E-state index in [9.17, 15) is 4.79 Å². The topological polar surface area (TPSA) is 95.9 Å². The first-order valence-corrected chi connectivity index (χ1v) is 4.85. The highest BCUT2D eigenvalue weighted by Crippen LogP contribution is 2.14. The Hall–Kier alpha value is -2.44. The van der Waals surface area contributed by atoms with Crippen molar-refractivity contribution in [3.05, 3.63) is 30.0 Å². The molecule has 0 saturated carbocycles. The van der Waals surface area contributed by atoms with Gasteiger partial charge in [-0.05, 0) is 6.92 Å². The van der Waals surface area contributed by atoms with E-state index >= 15 is 0 Å². The van der Waals surface area contributed by atoms with Crippen LogP contribution in [0, 0.1) is 6.92 Å². The molecular formula is C10H11N5O2. The number of aromatic nitrogens is 4. The fraction of sp³-hybridized carbons (Fsp3) is 0.200. The van der Waals surface area contributed by atoms with E-state index in [0.29, 0.717) is 11.5 Å². The average molecular weight is 233 g/mol. The van der Waals surface area contributed by atoms with E-state index in [4.69, 9.17) is 5.73 Å². The number of rotatable bonds is 2. The lowest BCUT2D eigenvalue weighted by atomic mass is 10.4. The van der Waals surface area contributed by atoms with Crippen LogP contribution in [0.3, 0.4) is 0 Å². The molecule has 0 spiro atoms. The van der Waals surface area contributed by atoms with Crippen molar-refractivity contribution >= 4 is 11.7 Å². The lowest BCUT2D eigenvalue weighted by molar-refractivity contribution is 0.0594. The van der Waals surface area contributed by atoms with E-state index in [0.717, 1.165) is 0 Å². The van der Waals surface area contributed by atoms with E-state index in [-0.39, 0.29) is 11.4 Å². The summed E-state index contributed by atoms with van der Waals surface area (Å²) < 4.78 is 5.97. The summed E-state index contributed by atoms with van der Waals surface area (Å²) in [6.45, 7) is 1.79. The third-order valence-electron chi connectivity index (χ3n) is 2.19. The molecule has 0 aromatic carbocycles. The van der Waals surface area contributed by atoms with Crippen molar-refractivity contribution in [1.29, 1.82) is 0 Å². The molecule has 17 heavy (non-hydrogen) atoms. The van der Waals surface area contributed by atoms with Crippen LogP contribution in [-0.4, -0.2) is 32.8 Å². The number of aryl methyl sites for hydroxylation is 1. The second kappa shape index (κ2) is 4.20. The minimum absolute atomic E-state index is 0.0672. The maximum absolute atomic E-state index is 11.3. The molecule has 0 saturated heterocycles.